The largest absolute Gasteiger partial charge is 0.490 e. The van der Waals surface area contributed by atoms with Gasteiger partial charge >= 0.3 is 5.69 Å². The van der Waals surface area contributed by atoms with E-state index in [1.807, 2.05) is 0 Å². The number of benzene rings is 1. The zero-order valence-electron chi connectivity index (χ0n) is 22.5. The molecule has 1 atom stereocenters. The number of pyridine rings is 1. The maximum absolute atomic E-state index is 14.6. The Morgan fingerprint density at radius 3 is 2.85 bits per heavy atom. The number of imidazole rings is 2. The molecule has 0 radical (unpaired) electrons. The van der Waals surface area contributed by atoms with Crippen LogP contribution in [0, 0.1) is 17.1 Å². The first kappa shape index (κ1) is 25.9. The van der Waals surface area contributed by atoms with Crippen molar-refractivity contribution in [2.24, 2.45) is 0 Å². The lowest BCUT2D eigenvalue weighted by atomic mass is 10.00. The predicted octanol–water partition coefficient (Wildman–Crippen LogP) is 4.60. The van der Waals surface area contributed by atoms with Crippen molar-refractivity contribution in [1.29, 1.82) is 5.26 Å². The van der Waals surface area contributed by atoms with E-state index in [0.29, 0.717) is 52.5 Å². The number of nitriles is 1. The fourth-order valence-electron chi connectivity index (χ4n) is 4.97. The summed E-state index contributed by atoms with van der Waals surface area (Å²) < 4.78 is 31.1. The van der Waals surface area contributed by atoms with Crippen LogP contribution in [-0.2, 0) is 11.5 Å². The van der Waals surface area contributed by atoms with Crippen LogP contribution in [-0.4, -0.2) is 49.8 Å². The highest BCUT2D eigenvalue weighted by molar-refractivity contribution is 6.76. The third-order valence-corrected chi connectivity index (χ3v) is 8.80. The standard InChI is InChI=1S/C28H28FN7O3Si/c1-40(2,3)12-11-38-17-35-23-15-32-26(22-14-31-24-8-7-18(13-30)16-34(22)24)33-27(23)36(28(35)37)21-9-10-39-25-19(21)5-4-6-20(25)29/h4-8,14-16,21H,9-12,17H2,1-3H3/t21-/m1/s1. The second-order valence-electron chi connectivity index (χ2n) is 11.0. The van der Waals surface area contributed by atoms with E-state index >= 15 is 0 Å². The van der Waals surface area contributed by atoms with Gasteiger partial charge in [-0.2, -0.15) is 5.26 Å². The lowest BCUT2D eigenvalue weighted by Crippen LogP contribution is -2.32. The zero-order chi connectivity index (χ0) is 28.0. The summed E-state index contributed by atoms with van der Waals surface area (Å²) in [6.07, 6.45) is 5.38. The highest BCUT2D eigenvalue weighted by atomic mass is 28.3. The Hall–Kier alpha value is -4.34. The number of aromatic nitrogens is 6. The molecule has 6 rings (SSSR count). The van der Waals surface area contributed by atoms with Crippen LogP contribution in [0.4, 0.5) is 4.39 Å². The molecule has 12 heteroatoms. The molecule has 40 heavy (non-hydrogen) atoms. The summed E-state index contributed by atoms with van der Waals surface area (Å²) in [5, 5.41) is 9.38. The van der Waals surface area contributed by atoms with Crippen molar-refractivity contribution in [3.63, 3.8) is 0 Å². The molecule has 0 saturated carbocycles. The van der Waals surface area contributed by atoms with E-state index in [1.165, 1.54) is 10.6 Å². The first-order valence-electron chi connectivity index (χ1n) is 13.1. The molecule has 1 aliphatic rings. The summed E-state index contributed by atoms with van der Waals surface area (Å²) in [4.78, 5) is 27.8. The van der Waals surface area contributed by atoms with Crippen molar-refractivity contribution in [2.45, 2.75) is 44.9 Å². The molecule has 0 amide bonds. The molecular formula is C28H28FN7O3Si. The number of hydrogen-bond donors (Lipinski definition) is 0. The van der Waals surface area contributed by atoms with Crippen LogP contribution in [0.25, 0.3) is 28.3 Å². The van der Waals surface area contributed by atoms with Gasteiger partial charge in [0.05, 0.1) is 30.6 Å². The molecule has 4 aromatic heterocycles. The van der Waals surface area contributed by atoms with E-state index in [9.17, 15) is 14.4 Å². The molecule has 0 unspecified atom stereocenters. The van der Waals surface area contributed by atoms with E-state index in [-0.39, 0.29) is 24.8 Å². The van der Waals surface area contributed by atoms with Crippen LogP contribution < -0.4 is 10.4 Å². The quantitative estimate of drug-likeness (QED) is 0.212. The van der Waals surface area contributed by atoms with Crippen LogP contribution in [0.1, 0.15) is 23.6 Å². The molecule has 0 fully saturated rings. The van der Waals surface area contributed by atoms with Gasteiger partial charge in [0.25, 0.3) is 0 Å². The van der Waals surface area contributed by atoms with Crippen molar-refractivity contribution < 1.29 is 13.9 Å². The van der Waals surface area contributed by atoms with Gasteiger partial charge < -0.3 is 9.47 Å². The van der Waals surface area contributed by atoms with Crippen molar-refractivity contribution in [2.75, 3.05) is 13.2 Å². The van der Waals surface area contributed by atoms with Gasteiger partial charge in [-0.25, -0.2) is 24.1 Å². The van der Waals surface area contributed by atoms with Gasteiger partial charge in [-0.15, -0.1) is 0 Å². The second-order valence-corrected chi connectivity index (χ2v) is 16.7. The number of rotatable bonds is 7. The molecule has 0 saturated heterocycles. The van der Waals surface area contributed by atoms with Crippen molar-refractivity contribution >= 4 is 24.9 Å². The Bertz CT molecular complexity index is 1850. The predicted molar refractivity (Wildman–Crippen MR) is 149 cm³/mol. The maximum atomic E-state index is 14.6. The number of hydrogen-bond acceptors (Lipinski definition) is 7. The second kappa shape index (κ2) is 10.00. The topological polar surface area (TPSA) is 112 Å². The number of ether oxygens (including phenoxy) is 2. The fraction of sp³-hybridized carbons (Fsp3) is 0.321. The summed E-state index contributed by atoms with van der Waals surface area (Å²) in [7, 11) is -1.32. The van der Waals surface area contributed by atoms with Gasteiger partial charge in [0.2, 0.25) is 0 Å². The maximum Gasteiger partial charge on any atom is 0.332 e. The van der Waals surface area contributed by atoms with Crippen molar-refractivity contribution in [1.82, 2.24) is 28.5 Å². The van der Waals surface area contributed by atoms with Gasteiger partial charge in [-0.1, -0.05) is 31.8 Å². The van der Waals surface area contributed by atoms with Crippen LogP contribution in [0.15, 0.2) is 53.7 Å². The minimum atomic E-state index is -1.32. The normalized spacial score (nSPS) is 15.2. The summed E-state index contributed by atoms with van der Waals surface area (Å²) in [5.74, 6) is 0.0215. The van der Waals surface area contributed by atoms with E-state index in [0.717, 1.165) is 6.04 Å². The molecule has 1 aromatic carbocycles. The SMILES string of the molecule is C[Si](C)(C)CCOCn1c(=O)n([C@@H]2CCOc3c(F)cccc32)c2nc(-c3cnc4ccc(C#N)cn34)ncc21. The van der Waals surface area contributed by atoms with Crippen molar-refractivity contribution in [3.8, 4) is 23.3 Å². The molecule has 10 nitrogen and oxygen atoms in total. The summed E-state index contributed by atoms with van der Waals surface area (Å²) >= 11 is 0. The number of halogens is 1. The number of para-hydroxylation sites is 1. The van der Waals surface area contributed by atoms with E-state index < -0.39 is 19.9 Å². The van der Waals surface area contributed by atoms with E-state index in [4.69, 9.17) is 14.5 Å². The molecule has 0 bridgehead atoms. The molecular weight excluding hydrogens is 529 g/mol. The van der Waals surface area contributed by atoms with Gasteiger partial charge in [0, 0.05) is 32.9 Å². The summed E-state index contributed by atoms with van der Waals surface area (Å²) in [5.41, 5.74) is 2.85. The third-order valence-electron chi connectivity index (χ3n) is 7.09. The average Bonchev–Trinajstić information content (AvgIpc) is 3.48. The number of fused-ring (bicyclic) bond motifs is 3. The van der Waals surface area contributed by atoms with Crippen LogP contribution in [0.5, 0.6) is 5.75 Å². The highest BCUT2D eigenvalue weighted by Gasteiger charge is 2.30. The molecule has 5 aromatic rings. The lowest BCUT2D eigenvalue weighted by Gasteiger charge is -2.26. The zero-order valence-corrected chi connectivity index (χ0v) is 23.5. The Balaban J connectivity index is 1.51. The van der Waals surface area contributed by atoms with E-state index in [2.05, 4.69) is 35.7 Å². The molecule has 0 aliphatic carbocycles. The van der Waals surface area contributed by atoms with Gasteiger partial charge in [0.15, 0.2) is 23.0 Å². The highest BCUT2D eigenvalue weighted by Crippen LogP contribution is 2.37. The summed E-state index contributed by atoms with van der Waals surface area (Å²) in [6, 6.07) is 10.8. The lowest BCUT2D eigenvalue weighted by molar-refractivity contribution is 0.0868. The molecule has 204 valence electrons. The van der Waals surface area contributed by atoms with Gasteiger partial charge in [-0.05, 0) is 24.2 Å². The monoisotopic (exact) mass is 557 g/mol. The van der Waals surface area contributed by atoms with Crippen LogP contribution >= 0.6 is 0 Å². The third kappa shape index (κ3) is 4.57. The van der Waals surface area contributed by atoms with E-state index in [1.54, 1.807) is 51.8 Å². The van der Waals surface area contributed by atoms with Crippen molar-refractivity contribution in [3.05, 3.63) is 76.4 Å². The molecule has 0 spiro atoms. The summed E-state index contributed by atoms with van der Waals surface area (Å²) in [6.45, 7) is 7.66. The first-order valence-corrected chi connectivity index (χ1v) is 16.8. The number of nitrogens with zero attached hydrogens (tertiary/aromatic N) is 7. The van der Waals surface area contributed by atoms with Gasteiger partial charge in [0.1, 0.15) is 29.7 Å². The minimum absolute atomic E-state index is 0.0515. The Labute approximate surface area is 230 Å². The average molecular weight is 558 g/mol. The molecule has 0 N–H and O–H groups in total. The van der Waals surface area contributed by atoms with Crippen LogP contribution in [0.3, 0.4) is 0 Å². The Morgan fingerprint density at radius 1 is 1.20 bits per heavy atom. The Morgan fingerprint density at radius 2 is 2.05 bits per heavy atom. The first-order chi connectivity index (χ1) is 19.2. The fourth-order valence-corrected chi connectivity index (χ4v) is 5.73. The molecule has 5 heterocycles. The Kier molecular flexibility index (Phi) is 6.48. The van der Waals surface area contributed by atoms with Gasteiger partial charge in [-0.3, -0.25) is 13.5 Å². The molecule has 1 aliphatic heterocycles. The smallest absolute Gasteiger partial charge is 0.332 e. The minimum Gasteiger partial charge on any atom is -0.490 e. The van der Waals surface area contributed by atoms with Crippen LogP contribution in [0.2, 0.25) is 25.7 Å².